The highest BCUT2D eigenvalue weighted by Crippen LogP contribution is 2.22. The molecule has 3 rings (SSSR count). The normalized spacial score (nSPS) is 15.5. The Hall–Kier alpha value is -2.46. The van der Waals surface area contributed by atoms with Crippen LogP contribution in [0, 0.1) is 0 Å². The number of carbonyl (C=O) groups excluding carboxylic acids is 1. The van der Waals surface area contributed by atoms with Crippen molar-refractivity contribution < 1.29 is 31.1 Å². The van der Waals surface area contributed by atoms with Crippen LogP contribution in [0.1, 0.15) is 35.4 Å². The van der Waals surface area contributed by atoms with Crippen molar-refractivity contribution in [3.63, 3.8) is 0 Å². The first-order valence-corrected chi connectivity index (χ1v) is 10.2. The molecular weight excluding hydrogens is 394 g/mol. The Morgan fingerprint density at radius 1 is 1.18 bits per heavy atom. The van der Waals surface area contributed by atoms with E-state index in [9.17, 15) is 22.0 Å². The molecule has 10 heteroatoms. The van der Waals surface area contributed by atoms with Gasteiger partial charge in [-0.15, -0.1) is 0 Å². The van der Waals surface area contributed by atoms with Gasteiger partial charge >= 0.3 is 6.61 Å². The van der Waals surface area contributed by atoms with Gasteiger partial charge in [-0.1, -0.05) is 18.6 Å². The highest BCUT2D eigenvalue weighted by Gasteiger charge is 2.29. The highest BCUT2D eigenvalue weighted by molar-refractivity contribution is 7.89. The van der Waals surface area contributed by atoms with Crippen LogP contribution in [0.25, 0.3) is 0 Å². The highest BCUT2D eigenvalue weighted by atomic mass is 32.2. The van der Waals surface area contributed by atoms with E-state index >= 15 is 0 Å². The van der Waals surface area contributed by atoms with Crippen LogP contribution < -0.4 is 10.1 Å². The number of nitrogens with zero attached hydrogens (tertiary/aromatic N) is 1. The van der Waals surface area contributed by atoms with Crippen molar-refractivity contribution >= 4 is 15.9 Å². The topological polar surface area (TPSA) is 88.8 Å². The van der Waals surface area contributed by atoms with Gasteiger partial charge in [0.25, 0.3) is 15.9 Å². The zero-order chi connectivity index (χ0) is 20.1. The van der Waals surface area contributed by atoms with Gasteiger partial charge in [-0.3, -0.25) is 4.79 Å². The monoisotopic (exact) mass is 414 g/mol. The fourth-order valence-corrected chi connectivity index (χ4v) is 4.34. The minimum atomic E-state index is -3.76. The van der Waals surface area contributed by atoms with E-state index in [0.29, 0.717) is 18.7 Å². The van der Waals surface area contributed by atoms with Gasteiger partial charge in [-0.05, 0) is 42.7 Å². The smallest absolute Gasteiger partial charge is 0.387 e. The van der Waals surface area contributed by atoms with Crippen LogP contribution in [0.2, 0.25) is 0 Å². The molecule has 0 aliphatic carbocycles. The van der Waals surface area contributed by atoms with Gasteiger partial charge in [-0.2, -0.15) is 13.1 Å². The number of furan rings is 1. The van der Waals surface area contributed by atoms with Crippen molar-refractivity contribution in [1.82, 2.24) is 9.62 Å². The number of hydrogen-bond donors (Lipinski definition) is 1. The van der Waals surface area contributed by atoms with E-state index in [4.69, 9.17) is 4.42 Å². The molecule has 1 saturated heterocycles. The van der Waals surface area contributed by atoms with Crippen LogP contribution in [0.15, 0.2) is 45.9 Å². The van der Waals surface area contributed by atoms with Gasteiger partial charge in [0.05, 0.1) is 0 Å². The van der Waals surface area contributed by atoms with Crippen molar-refractivity contribution in [2.24, 2.45) is 0 Å². The molecule has 7 nitrogen and oxygen atoms in total. The Balaban J connectivity index is 1.63. The number of alkyl halides is 2. The third-order valence-corrected chi connectivity index (χ3v) is 6.06. The van der Waals surface area contributed by atoms with Gasteiger partial charge in [-0.25, -0.2) is 8.42 Å². The number of benzene rings is 1. The lowest BCUT2D eigenvalue weighted by Crippen LogP contribution is -2.35. The molecule has 0 bridgehead atoms. The second-order valence-electron chi connectivity index (χ2n) is 6.29. The summed E-state index contributed by atoms with van der Waals surface area (Å²) >= 11 is 0. The summed E-state index contributed by atoms with van der Waals surface area (Å²) in [6, 6.07) is 8.46. The third kappa shape index (κ3) is 4.87. The molecule has 2 aromatic rings. The summed E-state index contributed by atoms with van der Waals surface area (Å²) in [4.78, 5) is 12.2. The van der Waals surface area contributed by atoms with Gasteiger partial charge < -0.3 is 14.5 Å². The van der Waals surface area contributed by atoms with E-state index in [1.54, 1.807) is 6.07 Å². The SMILES string of the molecule is O=C(NCc1cccc(OC(F)F)c1)c1ccc(S(=O)(=O)N2CCCCC2)o1. The number of carbonyl (C=O) groups is 1. The predicted octanol–water partition coefficient (Wildman–Crippen LogP) is 2.99. The first-order chi connectivity index (χ1) is 13.4. The fraction of sp³-hybridized carbons (Fsp3) is 0.389. The van der Waals surface area contributed by atoms with E-state index in [0.717, 1.165) is 19.3 Å². The minimum Gasteiger partial charge on any atom is -0.438 e. The van der Waals surface area contributed by atoms with Gasteiger partial charge in [0.1, 0.15) is 5.75 Å². The van der Waals surface area contributed by atoms with E-state index < -0.39 is 22.5 Å². The van der Waals surface area contributed by atoms with Crippen LogP contribution in [0.4, 0.5) is 8.78 Å². The molecule has 152 valence electrons. The van der Waals surface area contributed by atoms with Crippen molar-refractivity contribution in [2.45, 2.75) is 37.5 Å². The Morgan fingerprint density at radius 2 is 1.93 bits per heavy atom. The number of sulfonamides is 1. The van der Waals surface area contributed by atoms with Crippen molar-refractivity contribution in [3.8, 4) is 5.75 Å². The molecule has 2 heterocycles. The molecule has 1 aromatic carbocycles. The van der Waals surface area contributed by atoms with E-state index in [1.807, 2.05) is 0 Å². The second-order valence-corrected chi connectivity index (χ2v) is 8.16. The van der Waals surface area contributed by atoms with Crippen LogP contribution >= 0.6 is 0 Å². The maximum atomic E-state index is 12.6. The molecule has 0 radical (unpaired) electrons. The van der Waals surface area contributed by atoms with E-state index in [1.165, 1.54) is 34.6 Å². The minimum absolute atomic E-state index is 0.0188. The maximum absolute atomic E-state index is 12.6. The number of ether oxygens (including phenoxy) is 1. The quantitative estimate of drug-likeness (QED) is 0.753. The maximum Gasteiger partial charge on any atom is 0.387 e. The van der Waals surface area contributed by atoms with Crippen LogP contribution in [0.5, 0.6) is 5.75 Å². The summed E-state index contributed by atoms with van der Waals surface area (Å²) in [5.41, 5.74) is 0.541. The van der Waals surface area contributed by atoms with Crippen LogP contribution in [-0.2, 0) is 16.6 Å². The zero-order valence-electron chi connectivity index (χ0n) is 14.9. The lowest BCUT2D eigenvalue weighted by molar-refractivity contribution is -0.0498. The Bertz CT molecular complexity index is 924. The lowest BCUT2D eigenvalue weighted by Gasteiger charge is -2.24. The summed E-state index contributed by atoms with van der Waals surface area (Å²) in [5, 5.41) is 2.28. The summed E-state index contributed by atoms with van der Waals surface area (Å²) in [7, 11) is -3.76. The van der Waals surface area contributed by atoms with E-state index in [2.05, 4.69) is 10.1 Å². The average Bonchev–Trinajstić information content (AvgIpc) is 3.18. The number of rotatable bonds is 7. The Morgan fingerprint density at radius 3 is 2.64 bits per heavy atom. The van der Waals surface area contributed by atoms with Crippen LogP contribution in [-0.4, -0.2) is 38.3 Å². The Labute approximate surface area is 161 Å². The number of halogens is 2. The van der Waals surface area contributed by atoms with E-state index in [-0.39, 0.29) is 23.1 Å². The summed E-state index contributed by atoms with van der Waals surface area (Å²) < 4.78 is 60.6. The van der Waals surface area contributed by atoms with Crippen molar-refractivity contribution in [3.05, 3.63) is 47.7 Å². The zero-order valence-corrected chi connectivity index (χ0v) is 15.8. The first-order valence-electron chi connectivity index (χ1n) is 8.78. The molecule has 1 aromatic heterocycles. The van der Waals surface area contributed by atoms with Gasteiger partial charge in [0.15, 0.2) is 5.76 Å². The third-order valence-electron chi connectivity index (χ3n) is 4.29. The second kappa shape index (κ2) is 8.70. The molecule has 1 amide bonds. The molecule has 1 aliphatic rings. The molecule has 28 heavy (non-hydrogen) atoms. The van der Waals surface area contributed by atoms with Crippen molar-refractivity contribution in [2.75, 3.05) is 13.1 Å². The van der Waals surface area contributed by atoms with Gasteiger partial charge in [0.2, 0.25) is 5.09 Å². The average molecular weight is 414 g/mol. The van der Waals surface area contributed by atoms with Crippen LogP contribution in [0.3, 0.4) is 0 Å². The molecule has 0 saturated carbocycles. The largest absolute Gasteiger partial charge is 0.438 e. The molecule has 1 N–H and O–H groups in total. The lowest BCUT2D eigenvalue weighted by atomic mass is 10.2. The molecule has 0 atom stereocenters. The number of hydrogen-bond acceptors (Lipinski definition) is 5. The molecule has 1 fully saturated rings. The first kappa shape index (κ1) is 20.3. The summed E-state index contributed by atoms with van der Waals surface area (Å²) in [5.74, 6) is -0.773. The molecular formula is C18H20F2N2O5S. The Kier molecular flexibility index (Phi) is 6.30. The molecule has 1 aliphatic heterocycles. The predicted molar refractivity (Wildman–Crippen MR) is 95.6 cm³/mol. The number of nitrogens with one attached hydrogen (secondary N) is 1. The molecule has 0 spiro atoms. The summed E-state index contributed by atoms with van der Waals surface area (Å²) in [6.45, 7) is -2.04. The fourth-order valence-electron chi connectivity index (χ4n) is 2.91. The van der Waals surface area contributed by atoms with Crippen molar-refractivity contribution in [1.29, 1.82) is 0 Å². The standard InChI is InChI=1S/C18H20F2N2O5S/c19-18(20)26-14-6-4-5-13(11-14)12-21-17(23)15-7-8-16(27-15)28(24,25)22-9-2-1-3-10-22/h4-8,11,18H,1-3,9-10,12H2,(H,21,23). The summed E-state index contributed by atoms with van der Waals surface area (Å²) in [6.07, 6.45) is 2.57. The number of piperidine rings is 1. The van der Waals surface area contributed by atoms with Gasteiger partial charge in [0, 0.05) is 19.6 Å². The number of amides is 1. The molecule has 0 unspecified atom stereocenters.